The van der Waals surface area contributed by atoms with E-state index in [1.54, 1.807) is 11.3 Å². The molecule has 4 heterocycles. The number of aliphatic hydroxyl groups excluding tert-OH is 1. The second-order valence-electron chi connectivity index (χ2n) is 10.2. The van der Waals surface area contributed by atoms with Crippen LogP contribution < -0.4 is 10.2 Å². The van der Waals surface area contributed by atoms with Crippen molar-refractivity contribution in [2.75, 3.05) is 37.7 Å². The number of pyridine rings is 1. The van der Waals surface area contributed by atoms with Gasteiger partial charge in [0.2, 0.25) is 0 Å². The average molecular weight is 493 g/mol. The summed E-state index contributed by atoms with van der Waals surface area (Å²) in [7, 11) is 0. The highest BCUT2D eigenvalue weighted by atomic mass is 32.1. The number of carbonyl (C=O) groups is 1. The maximum absolute atomic E-state index is 13.1. The Kier molecular flexibility index (Phi) is 7.37. The van der Waals surface area contributed by atoms with E-state index in [1.165, 1.54) is 16.5 Å². The molecule has 2 aromatic heterocycles. The van der Waals surface area contributed by atoms with Gasteiger partial charge in [-0.05, 0) is 70.2 Å². The molecular formula is C28H36N4O2S. The minimum atomic E-state index is -0.0619. The van der Waals surface area contributed by atoms with Crippen LogP contribution in [0.1, 0.15) is 49.9 Å². The largest absolute Gasteiger partial charge is 0.396 e. The molecule has 2 N–H and O–H groups in total. The van der Waals surface area contributed by atoms with Gasteiger partial charge in [0.1, 0.15) is 5.82 Å². The molecule has 1 atom stereocenters. The van der Waals surface area contributed by atoms with Crippen LogP contribution in [0.15, 0.2) is 41.8 Å². The number of thiophene rings is 1. The number of aliphatic hydroxyl groups is 1. The average Bonchev–Trinajstić information content (AvgIpc) is 3.32. The first-order valence-electron chi connectivity index (χ1n) is 12.9. The number of nitrogens with zero attached hydrogens (tertiary/aromatic N) is 3. The number of hydrogen-bond donors (Lipinski definition) is 2. The van der Waals surface area contributed by atoms with Gasteiger partial charge in [-0.25, -0.2) is 4.98 Å². The van der Waals surface area contributed by atoms with Crippen molar-refractivity contribution in [3.63, 3.8) is 0 Å². The van der Waals surface area contributed by atoms with Crippen molar-refractivity contribution in [2.45, 2.75) is 51.6 Å². The number of anilines is 1. The molecular weight excluding hydrogens is 456 g/mol. The van der Waals surface area contributed by atoms with Gasteiger partial charge in [-0.3, -0.25) is 9.69 Å². The highest BCUT2D eigenvalue weighted by Crippen LogP contribution is 2.35. The molecule has 0 aliphatic carbocycles. The Morgan fingerprint density at radius 3 is 2.71 bits per heavy atom. The van der Waals surface area contributed by atoms with Gasteiger partial charge in [-0.2, -0.15) is 0 Å². The fraction of sp³-hybridized carbons (Fsp3) is 0.500. The van der Waals surface area contributed by atoms with Crippen LogP contribution in [0.5, 0.6) is 0 Å². The van der Waals surface area contributed by atoms with Crippen LogP contribution in [0.4, 0.5) is 5.82 Å². The lowest BCUT2D eigenvalue weighted by Crippen LogP contribution is -2.49. The predicted molar refractivity (Wildman–Crippen MR) is 144 cm³/mol. The van der Waals surface area contributed by atoms with Crippen LogP contribution in [-0.2, 0) is 0 Å². The van der Waals surface area contributed by atoms with Gasteiger partial charge in [0.15, 0.2) is 0 Å². The number of fused-ring (bicyclic) bond motifs is 1. The Bertz CT molecular complexity index is 1170. The number of hydrogen-bond acceptors (Lipinski definition) is 6. The molecule has 0 saturated carbocycles. The summed E-state index contributed by atoms with van der Waals surface area (Å²) in [5.41, 5.74) is 2.70. The van der Waals surface area contributed by atoms with Gasteiger partial charge in [-0.15, -0.1) is 11.3 Å². The predicted octanol–water partition coefficient (Wildman–Crippen LogP) is 4.77. The number of benzene rings is 1. The standard InChI is InChI=1S/C28H36N4O2S/c1-19(2)29-28(34)23-9-10-25(24-18-35-26-8-4-3-7-22(24)26)30-27(23)31-14-11-21(12-15-31)32-13-5-6-20(16-32)17-33/h3-4,7-10,18-21,33H,5-6,11-17H2,1-2H3,(H,29,34). The molecule has 1 unspecified atom stereocenters. The van der Waals surface area contributed by atoms with Crippen LogP contribution >= 0.6 is 11.3 Å². The highest BCUT2D eigenvalue weighted by Gasteiger charge is 2.30. The lowest BCUT2D eigenvalue weighted by atomic mass is 9.94. The third-order valence-corrected chi connectivity index (χ3v) is 8.35. The molecule has 1 amide bonds. The van der Waals surface area contributed by atoms with Crippen LogP contribution in [0.2, 0.25) is 0 Å². The first kappa shape index (κ1) is 24.2. The molecule has 2 fully saturated rings. The van der Waals surface area contributed by atoms with E-state index in [2.05, 4.69) is 44.8 Å². The summed E-state index contributed by atoms with van der Waals surface area (Å²) in [6.45, 7) is 8.16. The molecule has 2 saturated heterocycles. The number of amides is 1. The molecule has 35 heavy (non-hydrogen) atoms. The lowest BCUT2D eigenvalue weighted by Gasteiger charge is -2.42. The fourth-order valence-electron chi connectivity index (χ4n) is 5.55. The van der Waals surface area contributed by atoms with E-state index in [0.717, 1.165) is 62.5 Å². The van der Waals surface area contributed by atoms with E-state index in [9.17, 15) is 9.90 Å². The van der Waals surface area contributed by atoms with Crippen LogP contribution in [0, 0.1) is 5.92 Å². The van der Waals surface area contributed by atoms with E-state index in [-0.39, 0.29) is 18.6 Å². The van der Waals surface area contributed by atoms with E-state index >= 15 is 0 Å². The summed E-state index contributed by atoms with van der Waals surface area (Å²) in [6.07, 6.45) is 4.41. The number of nitrogens with one attached hydrogen (secondary N) is 1. The first-order valence-corrected chi connectivity index (χ1v) is 13.8. The van der Waals surface area contributed by atoms with Crippen LogP contribution in [0.25, 0.3) is 21.3 Å². The van der Waals surface area contributed by atoms with Crippen molar-refractivity contribution in [1.82, 2.24) is 15.2 Å². The topological polar surface area (TPSA) is 68.7 Å². The first-order chi connectivity index (χ1) is 17.0. The van der Waals surface area contributed by atoms with Gasteiger partial charge in [0, 0.05) is 59.4 Å². The zero-order valence-corrected chi connectivity index (χ0v) is 21.6. The molecule has 0 bridgehead atoms. The van der Waals surface area contributed by atoms with Gasteiger partial charge < -0.3 is 15.3 Å². The van der Waals surface area contributed by atoms with Crippen molar-refractivity contribution in [3.8, 4) is 11.3 Å². The minimum Gasteiger partial charge on any atom is -0.396 e. The second kappa shape index (κ2) is 10.6. The van der Waals surface area contributed by atoms with Crippen molar-refractivity contribution in [2.24, 2.45) is 5.92 Å². The minimum absolute atomic E-state index is 0.0619. The van der Waals surface area contributed by atoms with Gasteiger partial charge in [0.25, 0.3) is 5.91 Å². The third-order valence-electron chi connectivity index (χ3n) is 7.39. The number of piperidine rings is 2. The van der Waals surface area contributed by atoms with E-state index in [1.807, 2.05) is 26.0 Å². The molecule has 0 spiro atoms. The SMILES string of the molecule is CC(C)NC(=O)c1ccc(-c2csc3ccccc23)nc1N1CCC(N2CCCC(CO)C2)CC1. The summed E-state index contributed by atoms with van der Waals surface area (Å²) in [5.74, 6) is 1.14. The Labute approximate surface area is 212 Å². The van der Waals surface area contributed by atoms with E-state index < -0.39 is 0 Å². The number of likely N-dealkylation sites (tertiary alicyclic amines) is 1. The summed E-state index contributed by atoms with van der Waals surface area (Å²) < 4.78 is 1.25. The molecule has 0 radical (unpaired) electrons. The van der Waals surface area contributed by atoms with Crippen LogP contribution in [-0.4, -0.2) is 65.8 Å². The van der Waals surface area contributed by atoms with Gasteiger partial charge in [0.05, 0.1) is 11.3 Å². The molecule has 2 aliphatic rings. The second-order valence-corrected chi connectivity index (χ2v) is 11.2. The molecule has 1 aromatic carbocycles. The maximum atomic E-state index is 13.1. The summed E-state index contributed by atoms with van der Waals surface area (Å²) >= 11 is 1.73. The Balaban J connectivity index is 1.41. The van der Waals surface area contributed by atoms with E-state index in [4.69, 9.17) is 4.98 Å². The Morgan fingerprint density at radius 1 is 1.14 bits per heavy atom. The number of aromatic nitrogens is 1. The van der Waals surface area contributed by atoms with Crippen molar-refractivity contribution < 1.29 is 9.90 Å². The third kappa shape index (κ3) is 5.22. The monoisotopic (exact) mass is 492 g/mol. The normalized spacial score (nSPS) is 20.0. The quantitative estimate of drug-likeness (QED) is 0.519. The number of rotatable bonds is 6. The summed E-state index contributed by atoms with van der Waals surface area (Å²) in [5, 5.41) is 16.1. The Hall–Kier alpha value is -2.48. The maximum Gasteiger partial charge on any atom is 0.255 e. The van der Waals surface area contributed by atoms with Gasteiger partial charge in [-0.1, -0.05) is 18.2 Å². The smallest absolute Gasteiger partial charge is 0.255 e. The lowest BCUT2D eigenvalue weighted by molar-refractivity contribution is 0.0777. The molecule has 2 aliphatic heterocycles. The zero-order valence-electron chi connectivity index (χ0n) is 20.7. The summed E-state index contributed by atoms with van der Waals surface area (Å²) in [6, 6.07) is 13.0. The van der Waals surface area contributed by atoms with Crippen molar-refractivity contribution >= 4 is 33.1 Å². The molecule has 5 rings (SSSR count). The van der Waals surface area contributed by atoms with Crippen molar-refractivity contribution in [3.05, 3.63) is 47.3 Å². The zero-order chi connectivity index (χ0) is 24.4. The van der Waals surface area contributed by atoms with Crippen LogP contribution in [0.3, 0.4) is 0 Å². The van der Waals surface area contributed by atoms with Gasteiger partial charge >= 0.3 is 0 Å². The Morgan fingerprint density at radius 2 is 1.94 bits per heavy atom. The van der Waals surface area contributed by atoms with Crippen molar-refractivity contribution in [1.29, 1.82) is 0 Å². The molecule has 3 aromatic rings. The highest BCUT2D eigenvalue weighted by molar-refractivity contribution is 7.17. The molecule has 186 valence electrons. The van der Waals surface area contributed by atoms with E-state index in [0.29, 0.717) is 17.5 Å². The summed E-state index contributed by atoms with van der Waals surface area (Å²) in [4.78, 5) is 23.1. The molecule has 6 nitrogen and oxygen atoms in total. The molecule has 7 heteroatoms. The fourth-order valence-corrected chi connectivity index (χ4v) is 6.51. The number of carbonyl (C=O) groups excluding carboxylic acids is 1.